The van der Waals surface area contributed by atoms with Crippen molar-refractivity contribution in [3.05, 3.63) is 96.1 Å². The van der Waals surface area contributed by atoms with E-state index < -0.39 is 11.5 Å². The van der Waals surface area contributed by atoms with Crippen molar-refractivity contribution in [3.63, 3.8) is 0 Å². The Balaban J connectivity index is 0.00000200. The first kappa shape index (κ1) is 29.8. The van der Waals surface area contributed by atoms with Gasteiger partial charge in [-0.3, -0.25) is 9.69 Å². The molecule has 1 N–H and O–H groups in total. The number of β-amino-alcohol motifs (C(OH)–C–C–N with tert-alkyl or cyclic N) is 1. The summed E-state index contributed by atoms with van der Waals surface area (Å²) in [4.78, 5) is 20.4. The Labute approximate surface area is 238 Å². The number of carbonyl (C=O) groups excluding carboxylic acids is 1. The molecule has 0 radical (unpaired) electrons. The Morgan fingerprint density at radius 1 is 0.789 bits per heavy atom. The van der Waals surface area contributed by atoms with Crippen LogP contribution in [0.5, 0.6) is 5.75 Å². The van der Waals surface area contributed by atoms with Crippen LogP contribution in [0.25, 0.3) is 0 Å². The molecule has 2 aliphatic heterocycles. The zero-order valence-corrected chi connectivity index (χ0v) is 23.4. The van der Waals surface area contributed by atoms with Crippen molar-refractivity contribution >= 4 is 36.4 Å². The Kier molecular flexibility index (Phi) is 10.5. The van der Waals surface area contributed by atoms with Crippen LogP contribution in [0.4, 0.5) is 5.69 Å². The topological polar surface area (TPSA) is 56.2 Å². The number of likely N-dealkylation sites (tertiary alicyclic amines) is 1. The standard InChI is InChI=1S/C30H35N3O3.2ClH/c1-36-28-15-9-8-14-27(28)32-20-18-31(19-21-32)22-26(34)23-33-17-16-30(29(33)35,24-10-4-2-5-11-24)25-12-6-3-7-13-25;;/h2-15,26,34H,16-23H2,1H3;2*1H. The summed E-state index contributed by atoms with van der Waals surface area (Å²) in [5, 5.41) is 11.0. The summed E-state index contributed by atoms with van der Waals surface area (Å²) in [7, 11) is 1.70. The molecule has 3 aromatic carbocycles. The van der Waals surface area contributed by atoms with Crippen molar-refractivity contribution in [1.29, 1.82) is 0 Å². The highest BCUT2D eigenvalue weighted by molar-refractivity contribution is 5.94. The van der Waals surface area contributed by atoms with Crippen LogP contribution in [0.15, 0.2) is 84.9 Å². The molecular formula is C30H37Cl2N3O3. The molecule has 38 heavy (non-hydrogen) atoms. The highest BCUT2D eigenvalue weighted by Crippen LogP contribution is 2.42. The molecule has 2 fully saturated rings. The molecule has 0 bridgehead atoms. The second-order valence-electron chi connectivity index (χ2n) is 9.75. The molecule has 2 saturated heterocycles. The van der Waals surface area contributed by atoms with E-state index in [-0.39, 0.29) is 30.7 Å². The molecule has 2 aliphatic rings. The Morgan fingerprint density at radius 2 is 1.34 bits per heavy atom. The second kappa shape index (κ2) is 13.3. The minimum atomic E-state index is -0.692. The normalized spacial score (nSPS) is 17.9. The minimum Gasteiger partial charge on any atom is -0.495 e. The number of carbonyl (C=O) groups is 1. The Bertz CT molecular complexity index is 1120. The van der Waals surface area contributed by atoms with Gasteiger partial charge in [0.1, 0.15) is 11.2 Å². The van der Waals surface area contributed by atoms with Crippen molar-refractivity contribution in [3.8, 4) is 5.75 Å². The molecule has 1 amide bonds. The third-order valence-electron chi connectivity index (χ3n) is 7.64. The van der Waals surface area contributed by atoms with E-state index in [1.54, 1.807) is 7.11 Å². The lowest BCUT2D eigenvalue weighted by molar-refractivity contribution is -0.132. The molecule has 5 rings (SSSR count). The van der Waals surface area contributed by atoms with Crippen LogP contribution in [0.1, 0.15) is 17.5 Å². The second-order valence-corrected chi connectivity index (χ2v) is 9.75. The molecular weight excluding hydrogens is 521 g/mol. The smallest absolute Gasteiger partial charge is 0.237 e. The molecule has 0 spiro atoms. The number of hydrogen-bond donors (Lipinski definition) is 1. The lowest BCUT2D eigenvalue weighted by Gasteiger charge is -2.37. The van der Waals surface area contributed by atoms with Gasteiger partial charge in [-0.15, -0.1) is 24.8 Å². The van der Waals surface area contributed by atoms with E-state index in [0.717, 1.165) is 48.7 Å². The molecule has 204 valence electrons. The summed E-state index contributed by atoms with van der Waals surface area (Å²) >= 11 is 0. The lowest BCUT2D eigenvalue weighted by Crippen LogP contribution is -2.50. The predicted octanol–water partition coefficient (Wildman–Crippen LogP) is 4.24. The first-order valence-electron chi connectivity index (χ1n) is 12.8. The van der Waals surface area contributed by atoms with Crippen molar-refractivity contribution in [2.45, 2.75) is 17.9 Å². The lowest BCUT2D eigenvalue weighted by atomic mass is 9.73. The number of rotatable bonds is 8. The molecule has 0 aromatic heterocycles. The highest BCUT2D eigenvalue weighted by Gasteiger charge is 2.49. The van der Waals surface area contributed by atoms with Gasteiger partial charge < -0.3 is 19.6 Å². The SMILES string of the molecule is COc1ccccc1N1CCN(CC(O)CN2CCC(c3ccccc3)(c3ccccc3)C2=O)CC1.Cl.Cl. The van der Waals surface area contributed by atoms with Gasteiger partial charge >= 0.3 is 0 Å². The predicted molar refractivity (Wildman–Crippen MR) is 157 cm³/mol. The summed E-state index contributed by atoms with van der Waals surface area (Å²) in [5.41, 5.74) is 2.46. The Hall–Kier alpha value is -2.77. The van der Waals surface area contributed by atoms with Gasteiger partial charge in [-0.2, -0.15) is 0 Å². The number of para-hydroxylation sites is 2. The number of nitrogens with zero attached hydrogens (tertiary/aromatic N) is 3. The number of piperazine rings is 1. The molecule has 3 aromatic rings. The molecule has 0 aliphatic carbocycles. The van der Waals surface area contributed by atoms with Gasteiger partial charge in [0.25, 0.3) is 0 Å². The number of anilines is 1. The summed E-state index contributed by atoms with van der Waals surface area (Å²) < 4.78 is 5.52. The molecule has 8 heteroatoms. The van der Waals surface area contributed by atoms with Crippen LogP contribution in [-0.4, -0.2) is 79.8 Å². The van der Waals surface area contributed by atoms with Crippen LogP contribution in [0.2, 0.25) is 0 Å². The van der Waals surface area contributed by atoms with Crippen LogP contribution in [0.3, 0.4) is 0 Å². The molecule has 1 atom stereocenters. The van der Waals surface area contributed by atoms with E-state index in [1.807, 2.05) is 83.8 Å². The minimum absolute atomic E-state index is 0. The first-order valence-corrected chi connectivity index (χ1v) is 12.8. The number of hydrogen-bond acceptors (Lipinski definition) is 5. The van der Waals surface area contributed by atoms with Gasteiger partial charge in [-0.1, -0.05) is 72.8 Å². The van der Waals surface area contributed by atoms with Crippen LogP contribution in [0, 0.1) is 0 Å². The van der Waals surface area contributed by atoms with Crippen molar-refractivity contribution in [2.24, 2.45) is 0 Å². The zero-order chi connectivity index (χ0) is 25.0. The van der Waals surface area contributed by atoms with E-state index in [4.69, 9.17) is 4.74 Å². The maximum atomic E-state index is 13.9. The van der Waals surface area contributed by atoms with E-state index in [1.165, 1.54) is 0 Å². The van der Waals surface area contributed by atoms with Crippen molar-refractivity contribution in [1.82, 2.24) is 9.80 Å². The van der Waals surface area contributed by atoms with Gasteiger partial charge in [0, 0.05) is 45.8 Å². The van der Waals surface area contributed by atoms with Crippen molar-refractivity contribution < 1.29 is 14.6 Å². The van der Waals surface area contributed by atoms with E-state index in [2.05, 4.69) is 15.9 Å². The van der Waals surface area contributed by atoms with Gasteiger partial charge in [-0.25, -0.2) is 0 Å². The number of halogens is 2. The van der Waals surface area contributed by atoms with Crippen LogP contribution < -0.4 is 9.64 Å². The van der Waals surface area contributed by atoms with Gasteiger partial charge in [-0.05, 0) is 29.7 Å². The third-order valence-corrected chi connectivity index (χ3v) is 7.64. The summed E-state index contributed by atoms with van der Waals surface area (Å²) in [5.74, 6) is 0.971. The highest BCUT2D eigenvalue weighted by atomic mass is 35.5. The number of amides is 1. The van der Waals surface area contributed by atoms with Crippen LogP contribution >= 0.6 is 24.8 Å². The first-order chi connectivity index (χ1) is 17.6. The number of methoxy groups -OCH3 is 1. The van der Waals surface area contributed by atoms with Gasteiger partial charge in [0.15, 0.2) is 0 Å². The number of aliphatic hydroxyl groups excluding tert-OH is 1. The quantitative estimate of drug-likeness (QED) is 0.449. The maximum Gasteiger partial charge on any atom is 0.237 e. The number of benzene rings is 3. The fourth-order valence-corrected chi connectivity index (χ4v) is 5.78. The molecule has 6 nitrogen and oxygen atoms in total. The van der Waals surface area contributed by atoms with Crippen LogP contribution in [-0.2, 0) is 10.2 Å². The zero-order valence-electron chi connectivity index (χ0n) is 21.7. The maximum absolute atomic E-state index is 13.9. The molecule has 1 unspecified atom stereocenters. The van der Waals surface area contributed by atoms with Crippen molar-refractivity contribution in [2.75, 3.05) is 57.8 Å². The van der Waals surface area contributed by atoms with Gasteiger partial charge in [0.05, 0.1) is 18.9 Å². The number of aliphatic hydroxyl groups is 1. The van der Waals surface area contributed by atoms with E-state index in [0.29, 0.717) is 26.1 Å². The average Bonchev–Trinajstić information content (AvgIpc) is 3.26. The summed E-state index contributed by atoms with van der Waals surface area (Å²) in [6.07, 6.45) is 0.124. The molecule has 2 heterocycles. The summed E-state index contributed by atoms with van der Waals surface area (Å²) in [6.45, 7) is 5.03. The van der Waals surface area contributed by atoms with E-state index in [9.17, 15) is 9.90 Å². The molecule has 0 saturated carbocycles. The van der Waals surface area contributed by atoms with Gasteiger partial charge in [0.2, 0.25) is 5.91 Å². The third kappa shape index (κ3) is 5.94. The fraction of sp³-hybridized carbons (Fsp3) is 0.367. The van der Waals surface area contributed by atoms with E-state index >= 15 is 0 Å². The number of ether oxygens (including phenoxy) is 1. The fourth-order valence-electron chi connectivity index (χ4n) is 5.78. The summed E-state index contributed by atoms with van der Waals surface area (Å²) in [6, 6.07) is 28.2. The Morgan fingerprint density at radius 3 is 1.92 bits per heavy atom. The monoisotopic (exact) mass is 557 g/mol. The largest absolute Gasteiger partial charge is 0.495 e. The average molecular weight is 559 g/mol.